The first-order chi connectivity index (χ1) is 16.0. The number of alkyl halides is 2. The van der Waals surface area contributed by atoms with Crippen LogP contribution in [0.3, 0.4) is 0 Å². The van der Waals surface area contributed by atoms with Gasteiger partial charge < -0.3 is 9.64 Å². The van der Waals surface area contributed by atoms with Gasteiger partial charge in [0.05, 0.1) is 19.0 Å². The topological polar surface area (TPSA) is 76.8 Å². The van der Waals surface area contributed by atoms with Crippen molar-refractivity contribution in [2.75, 3.05) is 13.7 Å². The number of carbonyl (C=O) groups is 2. The van der Waals surface area contributed by atoms with Crippen LogP contribution in [0.1, 0.15) is 54.6 Å². The second-order valence-corrected chi connectivity index (χ2v) is 8.56. The summed E-state index contributed by atoms with van der Waals surface area (Å²) in [6.07, 6.45) is 2.33. The van der Waals surface area contributed by atoms with Gasteiger partial charge >= 0.3 is 0 Å². The Morgan fingerprint density at radius 1 is 1.18 bits per heavy atom. The van der Waals surface area contributed by atoms with Gasteiger partial charge in [-0.15, -0.1) is 0 Å². The molecule has 1 amide bonds. The fourth-order valence-electron chi connectivity index (χ4n) is 5.05. The number of fused-ring (bicyclic) bond motifs is 2. The zero-order chi connectivity index (χ0) is 23.1. The summed E-state index contributed by atoms with van der Waals surface area (Å²) < 4.78 is 34.0. The Bertz CT molecular complexity index is 1210. The van der Waals surface area contributed by atoms with Crippen LogP contribution in [-0.4, -0.2) is 50.9 Å². The van der Waals surface area contributed by atoms with Crippen molar-refractivity contribution in [1.29, 1.82) is 0 Å². The quantitative estimate of drug-likeness (QED) is 0.587. The summed E-state index contributed by atoms with van der Waals surface area (Å²) in [5.74, 6) is 0.395. The molecule has 1 saturated heterocycles. The van der Waals surface area contributed by atoms with E-state index in [1.165, 1.54) is 12.3 Å². The number of likely N-dealkylation sites (tertiary alicyclic amines) is 1. The predicted molar refractivity (Wildman–Crippen MR) is 116 cm³/mol. The highest BCUT2D eigenvalue weighted by Gasteiger charge is 2.41. The summed E-state index contributed by atoms with van der Waals surface area (Å²) in [7, 11) is 1.55. The molecule has 2 aromatic heterocycles. The molecule has 2 fully saturated rings. The van der Waals surface area contributed by atoms with E-state index in [-0.39, 0.29) is 40.6 Å². The number of ketones is 1. The molecule has 5 rings (SSSR count). The predicted octanol–water partition coefficient (Wildman–Crippen LogP) is 4.32. The van der Waals surface area contributed by atoms with Gasteiger partial charge in [-0.1, -0.05) is 12.8 Å². The molecule has 0 radical (unpaired) electrons. The maximum atomic E-state index is 13.9. The van der Waals surface area contributed by atoms with E-state index in [9.17, 15) is 18.4 Å². The Labute approximate surface area is 189 Å². The molecule has 3 aromatic rings. The van der Waals surface area contributed by atoms with E-state index < -0.39 is 6.43 Å². The SMILES string of the molecule is COc1ccc(-c2cc(C(F)F)n3ncc(C(=O)N4CCC(=O)[C@H]5CCCC[C@@H]54)c3n2)cc1. The Hall–Kier alpha value is -3.36. The lowest BCUT2D eigenvalue weighted by Crippen LogP contribution is -2.53. The molecule has 0 bridgehead atoms. The summed E-state index contributed by atoms with van der Waals surface area (Å²) in [6.45, 7) is 0.329. The van der Waals surface area contributed by atoms with Crippen molar-refractivity contribution in [3.63, 3.8) is 0 Å². The number of piperidine rings is 1. The van der Waals surface area contributed by atoms with Crippen LogP contribution in [0.4, 0.5) is 8.78 Å². The van der Waals surface area contributed by atoms with Crippen molar-refractivity contribution in [3.05, 3.63) is 47.8 Å². The molecule has 2 aliphatic rings. The molecule has 33 heavy (non-hydrogen) atoms. The highest BCUT2D eigenvalue weighted by molar-refractivity contribution is 6.01. The smallest absolute Gasteiger partial charge is 0.280 e. The molecule has 1 aliphatic heterocycles. The van der Waals surface area contributed by atoms with Gasteiger partial charge in [0.1, 0.15) is 22.8 Å². The van der Waals surface area contributed by atoms with Crippen LogP contribution in [0, 0.1) is 5.92 Å². The number of ether oxygens (including phenoxy) is 1. The summed E-state index contributed by atoms with van der Waals surface area (Å²) in [5.41, 5.74) is 0.864. The summed E-state index contributed by atoms with van der Waals surface area (Å²) in [4.78, 5) is 32.2. The third-order valence-electron chi connectivity index (χ3n) is 6.74. The molecule has 2 atom stereocenters. The molecule has 0 unspecified atom stereocenters. The number of Topliss-reactive ketones (excluding diaryl/α,β-unsaturated/α-hetero) is 1. The average molecular weight is 454 g/mol. The molecule has 0 N–H and O–H groups in total. The minimum Gasteiger partial charge on any atom is -0.497 e. The van der Waals surface area contributed by atoms with Crippen LogP contribution in [0.15, 0.2) is 36.5 Å². The van der Waals surface area contributed by atoms with Crippen LogP contribution < -0.4 is 4.74 Å². The second-order valence-electron chi connectivity index (χ2n) is 8.56. The molecule has 0 spiro atoms. The maximum Gasteiger partial charge on any atom is 0.280 e. The van der Waals surface area contributed by atoms with Gasteiger partial charge in [0, 0.05) is 30.5 Å². The molecule has 9 heteroatoms. The zero-order valence-electron chi connectivity index (χ0n) is 18.2. The number of carbonyl (C=O) groups excluding carboxylic acids is 2. The second kappa shape index (κ2) is 8.53. The van der Waals surface area contributed by atoms with Crippen molar-refractivity contribution in [1.82, 2.24) is 19.5 Å². The standard InChI is InChI=1S/C24H24F2N4O3/c1-33-15-8-6-14(7-9-15)18-12-20(22(25)26)30-23(28-18)17(13-27-30)24(32)29-11-10-21(31)16-4-2-3-5-19(16)29/h6-9,12-13,16,19,22H,2-5,10-11H2,1H3/t16-,19-/m0/s1. The maximum absolute atomic E-state index is 13.9. The lowest BCUT2D eigenvalue weighted by molar-refractivity contribution is -0.129. The van der Waals surface area contributed by atoms with E-state index in [0.717, 1.165) is 30.2 Å². The Morgan fingerprint density at radius 3 is 2.67 bits per heavy atom. The highest BCUT2D eigenvalue weighted by Crippen LogP contribution is 2.35. The highest BCUT2D eigenvalue weighted by atomic mass is 19.3. The van der Waals surface area contributed by atoms with E-state index in [1.54, 1.807) is 36.3 Å². The van der Waals surface area contributed by atoms with Crippen LogP contribution >= 0.6 is 0 Å². The van der Waals surface area contributed by atoms with Crippen LogP contribution in [0.2, 0.25) is 0 Å². The lowest BCUT2D eigenvalue weighted by atomic mass is 9.77. The average Bonchev–Trinajstić information content (AvgIpc) is 3.27. The van der Waals surface area contributed by atoms with Gasteiger partial charge in [0.2, 0.25) is 0 Å². The minimum atomic E-state index is -2.80. The van der Waals surface area contributed by atoms with Gasteiger partial charge in [-0.05, 0) is 43.2 Å². The number of hydrogen-bond acceptors (Lipinski definition) is 5. The van der Waals surface area contributed by atoms with Crippen molar-refractivity contribution in [2.45, 2.75) is 44.6 Å². The number of rotatable bonds is 4. The number of methoxy groups -OCH3 is 1. The number of nitrogens with zero attached hydrogens (tertiary/aromatic N) is 4. The van der Waals surface area contributed by atoms with Gasteiger partial charge in [-0.3, -0.25) is 9.59 Å². The Balaban J connectivity index is 1.57. The van der Waals surface area contributed by atoms with Crippen molar-refractivity contribution in [2.24, 2.45) is 5.92 Å². The molecule has 1 aliphatic carbocycles. The third kappa shape index (κ3) is 3.75. The molecule has 3 heterocycles. The number of aromatic nitrogens is 3. The summed E-state index contributed by atoms with van der Waals surface area (Å²) in [6, 6.07) is 8.04. The van der Waals surface area contributed by atoms with Crippen LogP contribution in [-0.2, 0) is 4.79 Å². The van der Waals surface area contributed by atoms with E-state index in [2.05, 4.69) is 10.1 Å². The van der Waals surface area contributed by atoms with E-state index in [0.29, 0.717) is 30.0 Å². The van der Waals surface area contributed by atoms with Crippen molar-refractivity contribution >= 4 is 17.3 Å². The van der Waals surface area contributed by atoms with Crippen molar-refractivity contribution in [3.8, 4) is 17.0 Å². The first-order valence-corrected chi connectivity index (χ1v) is 11.1. The van der Waals surface area contributed by atoms with Crippen LogP contribution in [0.5, 0.6) is 5.75 Å². The summed E-state index contributed by atoms with van der Waals surface area (Å²) in [5, 5.41) is 4.08. The Kier molecular flexibility index (Phi) is 5.55. The molecule has 7 nitrogen and oxygen atoms in total. The van der Waals surface area contributed by atoms with E-state index in [1.807, 2.05) is 0 Å². The van der Waals surface area contributed by atoms with Gasteiger partial charge in [-0.25, -0.2) is 18.3 Å². The van der Waals surface area contributed by atoms with Crippen molar-refractivity contribution < 1.29 is 23.1 Å². The zero-order valence-corrected chi connectivity index (χ0v) is 18.2. The van der Waals surface area contributed by atoms with Gasteiger partial charge in [0.25, 0.3) is 12.3 Å². The first-order valence-electron chi connectivity index (χ1n) is 11.1. The molecular formula is C24H24F2N4O3. The number of benzene rings is 1. The molecule has 1 aromatic carbocycles. The fourth-order valence-corrected chi connectivity index (χ4v) is 5.05. The number of amides is 1. The molecular weight excluding hydrogens is 430 g/mol. The largest absolute Gasteiger partial charge is 0.497 e. The first kappa shape index (κ1) is 21.5. The Morgan fingerprint density at radius 2 is 1.94 bits per heavy atom. The van der Waals surface area contributed by atoms with Gasteiger partial charge in [-0.2, -0.15) is 5.10 Å². The van der Waals surface area contributed by atoms with Crippen LogP contribution in [0.25, 0.3) is 16.9 Å². The molecule has 172 valence electrons. The normalized spacial score (nSPS) is 20.8. The monoisotopic (exact) mass is 454 g/mol. The number of hydrogen-bond donors (Lipinski definition) is 0. The van der Waals surface area contributed by atoms with Gasteiger partial charge in [0.15, 0.2) is 5.65 Å². The lowest BCUT2D eigenvalue weighted by Gasteiger charge is -2.43. The minimum absolute atomic E-state index is 0.0906. The number of halogens is 2. The summed E-state index contributed by atoms with van der Waals surface area (Å²) >= 11 is 0. The third-order valence-corrected chi connectivity index (χ3v) is 6.74. The van der Waals surface area contributed by atoms with E-state index in [4.69, 9.17) is 4.74 Å². The molecule has 1 saturated carbocycles. The fraction of sp³-hybridized carbons (Fsp3) is 0.417. The van der Waals surface area contributed by atoms with E-state index >= 15 is 0 Å².